The van der Waals surface area contributed by atoms with Crippen molar-refractivity contribution in [2.75, 3.05) is 13.1 Å². The van der Waals surface area contributed by atoms with Crippen molar-refractivity contribution in [1.82, 2.24) is 4.90 Å². The molecule has 0 aromatic carbocycles. The average Bonchev–Trinajstić information content (AvgIpc) is 2.59. The normalized spacial score (nSPS) is 33.9. The first-order valence-electron chi connectivity index (χ1n) is 7.86. The maximum Gasteiger partial charge on any atom is 0.127 e. The molecule has 0 bridgehead atoms. The van der Waals surface area contributed by atoms with Gasteiger partial charge in [-0.2, -0.15) is 0 Å². The topological polar surface area (TPSA) is 20.3 Å². The Morgan fingerprint density at radius 1 is 1.17 bits per heavy atom. The molecular formula is C16H29NO. The Morgan fingerprint density at radius 3 is 2.39 bits per heavy atom. The summed E-state index contributed by atoms with van der Waals surface area (Å²) in [6.45, 7) is 6.90. The molecule has 2 nitrogen and oxygen atoms in total. The van der Waals surface area contributed by atoms with Crippen molar-refractivity contribution >= 4 is 6.29 Å². The highest BCUT2D eigenvalue weighted by Gasteiger charge is 2.35. The van der Waals surface area contributed by atoms with Crippen LogP contribution < -0.4 is 0 Å². The molecule has 0 aromatic rings. The van der Waals surface area contributed by atoms with Gasteiger partial charge in [0.1, 0.15) is 6.29 Å². The van der Waals surface area contributed by atoms with E-state index in [-0.39, 0.29) is 5.41 Å². The molecule has 2 aliphatic rings. The lowest BCUT2D eigenvalue weighted by molar-refractivity contribution is -0.118. The molecule has 1 heterocycles. The second kappa shape index (κ2) is 6.18. The first kappa shape index (κ1) is 14.0. The highest BCUT2D eigenvalue weighted by atomic mass is 16.1. The summed E-state index contributed by atoms with van der Waals surface area (Å²) >= 11 is 0. The lowest BCUT2D eigenvalue weighted by Gasteiger charge is -2.41. The minimum absolute atomic E-state index is 0.0225. The molecule has 18 heavy (non-hydrogen) atoms. The molecule has 0 spiro atoms. The third-order valence-corrected chi connectivity index (χ3v) is 5.14. The number of hydrogen-bond donors (Lipinski definition) is 0. The van der Waals surface area contributed by atoms with Crippen LogP contribution in [0.1, 0.15) is 65.2 Å². The standard InChI is InChI=1S/C16H29NO/c1-14-7-10-17(15(2)11-14)12-16(13-18)8-5-3-4-6-9-16/h13-15H,3-12H2,1-2H3. The molecule has 2 atom stereocenters. The SMILES string of the molecule is CC1CCN(CC2(C=O)CCCCCC2)C(C)C1. The summed E-state index contributed by atoms with van der Waals surface area (Å²) in [5.41, 5.74) is -0.0225. The molecule has 104 valence electrons. The molecule has 1 saturated heterocycles. The van der Waals surface area contributed by atoms with E-state index in [1.54, 1.807) is 0 Å². The molecule has 2 heteroatoms. The second-order valence-electron chi connectivity index (χ2n) is 6.84. The van der Waals surface area contributed by atoms with Crippen LogP contribution in [0.2, 0.25) is 0 Å². The highest BCUT2D eigenvalue weighted by Crippen LogP contribution is 2.36. The Labute approximate surface area is 112 Å². The zero-order chi connectivity index (χ0) is 13.0. The monoisotopic (exact) mass is 251 g/mol. The van der Waals surface area contributed by atoms with Crippen LogP contribution in [0.4, 0.5) is 0 Å². The Hall–Kier alpha value is -0.370. The van der Waals surface area contributed by atoms with Crippen LogP contribution >= 0.6 is 0 Å². The Morgan fingerprint density at radius 2 is 1.83 bits per heavy atom. The third-order valence-electron chi connectivity index (χ3n) is 5.14. The van der Waals surface area contributed by atoms with Crippen molar-refractivity contribution < 1.29 is 4.79 Å². The van der Waals surface area contributed by atoms with Crippen LogP contribution in [-0.4, -0.2) is 30.3 Å². The lowest BCUT2D eigenvalue weighted by atomic mass is 9.80. The third kappa shape index (κ3) is 3.34. The van der Waals surface area contributed by atoms with E-state index in [1.165, 1.54) is 51.4 Å². The molecular weight excluding hydrogens is 222 g/mol. The van der Waals surface area contributed by atoms with Crippen molar-refractivity contribution in [1.29, 1.82) is 0 Å². The van der Waals surface area contributed by atoms with Crippen LogP contribution in [-0.2, 0) is 4.79 Å². The number of carbonyl (C=O) groups excluding carboxylic acids is 1. The van der Waals surface area contributed by atoms with Crippen LogP contribution in [0.3, 0.4) is 0 Å². The fourth-order valence-corrected chi connectivity index (χ4v) is 3.84. The van der Waals surface area contributed by atoms with E-state index in [2.05, 4.69) is 18.7 Å². The van der Waals surface area contributed by atoms with Crippen LogP contribution in [0.5, 0.6) is 0 Å². The van der Waals surface area contributed by atoms with Crippen molar-refractivity contribution in [3.63, 3.8) is 0 Å². The highest BCUT2D eigenvalue weighted by molar-refractivity contribution is 5.59. The Balaban J connectivity index is 1.98. The van der Waals surface area contributed by atoms with Crippen LogP contribution in [0.25, 0.3) is 0 Å². The Bertz CT molecular complexity index is 268. The molecule has 2 rings (SSSR count). The van der Waals surface area contributed by atoms with Crippen molar-refractivity contribution in [3.8, 4) is 0 Å². The first-order chi connectivity index (χ1) is 8.65. The van der Waals surface area contributed by atoms with Gasteiger partial charge in [0.2, 0.25) is 0 Å². The quantitative estimate of drug-likeness (QED) is 0.564. The molecule has 1 aliphatic carbocycles. The molecule has 0 radical (unpaired) electrons. The van der Waals surface area contributed by atoms with Gasteiger partial charge in [0.25, 0.3) is 0 Å². The van der Waals surface area contributed by atoms with E-state index in [1.807, 2.05) is 0 Å². The number of hydrogen-bond acceptors (Lipinski definition) is 2. The van der Waals surface area contributed by atoms with Gasteiger partial charge in [0.15, 0.2) is 0 Å². The van der Waals surface area contributed by atoms with Gasteiger partial charge in [-0.1, -0.05) is 32.6 Å². The number of rotatable bonds is 3. The Kier molecular flexibility index (Phi) is 4.83. The predicted molar refractivity (Wildman–Crippen MR) is 75.6 cm³/mol. The zero-order valence-electron chi connectivity index (χ0n) is 12.2. The molecule has 1 saturated carbocycles. The minimum atomic E-state index is -0.0225. The zero-order valence-corrected chi connectivity index (χ0v) is 12.2. The molecule has 1 aliphatic heterocycles. The van der Waals surface area contributed by atoms with Gasteiger partial charge in [0.05, 0.1) is 0 Å². The van der Waals surface area contributed by atoms with E-state index < -0.39 is 0 Å². The van der Waals surface area contributed by atoms with Gasteiger partial charge >= 0.3 is 0 Å². The fourth-order valence-electron chi connectivity index (χ4n) is 3.84. The summed E-state index contributed by atoms with van der Waals surface area (Å²) in [5, 5.41) is 0. The van der Waals surface area contributed by atoms with E-state index in [4.69, 9.17) is 0 Å². The largest absolute Gasteiger partial charge is 0.303 e. The molecule has 0 amide bonds. The van der Waals surface area contributed by atoms with Crippen molar-refractivity contribution in [3.05, 3.63) is 0 Å². The van der Waals surface area contributed by atoms with Gasteiger partial charge in [-0.05, 0) is 45.1 Å². The minimum Gasteiger partial charge on any atom is -0.303 e. The lowest BCUT2D eigenvalue weighted by Crippen LogP contribution is -2.47. The number of aldehydes is 1. The van der Waals surface area contributed by atoms with Gasteiger partial charge in [0, 0.05) is 18.0 Å². The van der Waals surface area contributed by atoms with E-state index in [9.17, 15) is 4.79 Å². The van der Waals surface area contributed by atoms with Crippen molar-refractivity contribution in [2.24, 2.45) is 11.3 Å². The maximum absolute atomic E-state index is 11.7. The molecule has 2 unspecified atom stereocenters. The first-order valence-corrected chi connectivity index (χ1v) is 7.86. The summed E-state index contributed by atoms with van der Waals surface area (Å²) in [6, 6.07) is 0.661. The van der Waals surface area contributed by atoms with E-state index >= 15 is 0 Å². The summed E-state index contributed by atoms with van der Waals surface area (Å²) in [4.78, 5) is 14.2. The molecule has 2 fully saturated rings. The number of nitrogens with zero attached hydrogens (tertiary/aromatic N) is 1. The summed E-state index contributed by atoms with van der Waals surface area (Å²) < 4.78 is 0. The van der Waals surface area contributed by atoms with Gasteiger partial charge in [-0.25, -0.2) is 0 Å². The summed E-state index contributed by atoms with van der Waals surface area (Å²) in [6.07, 6.45) is 11.3. The van der Waals surface area contributed by atoms with E-state index in [0.29, 0.717) is 6.04 Å². The maximum atomic E-state index is 11.7. The predicted octanol–water partition coefficient (Wildman–Crippen LogP) is 3.65. The summed E-state index contributed by atoms with van der Waals surface area (Å²) in [5.74, 6) is 0.859. The number of likely N-dealkylation sites (tertiary alicyclic amines) is 1. The van der Waals surface area contributed by atoms with E-state index in [0.717, 1.165) is 25.3 Å². The number of carbonyl (C=O) groups is 1. The van der Waals surface area contributed by atoms with Crippen molar-refractivity contribution in [2.45, 2.75) is 71.3 Å². The van der Waals surface area contributed by atoms with Crippen LogP contribution in [0.15, 0.2) is 0 Å². The molecule has 0 N–H and O–H groups in total. The number of piperidine rings is 1. The summed E-state index contributed by atoms with van der Waals surface area (Å²) in [7, 11) is 0. The second-order valence-corrected chi connectivity index (χ2v) is 6.84. The fraction of sp³-hybridized carbons (Fsp3) is 0.938. The smallest absolute Gasteiger partial charge is 0.127 e. The van der Waals surface area contributed by atoms with Gasteiger partial charge < -0.3 is 4.79 Å². The van der Waals surface area contributed by atoms with Gasteiger partial charge in [-0.15, -0.1) is 0 Å². The van der Waals surface area contributed by atoms with Gasteiger partial charge in [-0.3, -0.25) is 4.90 Å². The average molecular weight is 251 g/mol. The van der Waals surface area contributed by atoms with Crippen LogP contribution in [0, 0.1) is 11.3 Å². The molecule has 0 aromatic heterocycles.